The highest BCUT2D eigenvalue weighted by molar-refractivity contribution is 7.09. The second-order valence-corrected chi connectivity index (χ2v) is 8.50. The maximum absolute atomic E-state index is 12.5. The molecule has 0 aliphatic carbocycles. The molecule has 0 saturated carbocycles. The Bertz CT molecular complexity index is 589. The summed E-state index contributed by atoms with van der Waals surface area (Å²) in [6.07, 6.45) is 6.27. The lowest BCUT2D eigenvalue weighted by atomic mass is 9.84. The van der Waals surface area contributed by atoms with E-state index >= 15 is 0 Å². The standard InChI is InChI=1S/C18H27N3O2S/c1-14-19-15(13-24-14)12-21-17(22)2-5-18(21)6-8-20(9-7-18)16-3-10-23-11-4-16/h13,16H,2-12H2,1H3. The van der Waals surface area contributed by atoms with Gasteiger partial charge in [-0.15, -0.1) is 11.3 Å². The van der Waals surface area contributed by atoms with Crippen LogP contribution in [0.1, 0.15) is 49.2 Å². The van der Waals surface area contributed by atoms with Crippen molar-refractivity contribution in [2.75, 3.05) is 26.3 Å². The lowest BCUT2D eigenvalue weighted by Crippen LogP contribution is -2.55. The van der Waals surface area contributed by atoms with Crippen LogP contribution in [0.3, 0.4) is 0 Å². The van der Waals surface area contributed by atoms with Gasteiger partial charge in [-0.1, -0.05) is 0 Å². The minimum Gasteiger partial charge on any atom is -0.381 e. The van der Waals surface area contributed by atoms with E-state index in [4.69, 9.17) is 4.74 Å². The molecule has 1 spiro atoms. The summed E-state index contributed by atoms with van der Waals surface area (Å²) in [6, 6.07) is 0.683. The van der Waals surface area contributed by atoms with E-state index < -0.39 is 0 Å². The number of carbonyl (C=O) groups is 1. The molecule has 24 heavy (non-hydrogen) atoms. The van der Waals surface area contributed by atoms with Crippen molar-refractivity contribution in [2.45, 2.75) is 63.6 Å². The van der Waals surface area contributed by atoms with E-state index in [1.165, 1.54) is 0 Å². The predicted octanol–water partition coefficient (Wildman–Crippen LogP) is 2.59. The van der Waals surface area contributed by atoms with Crippen LogP contribution in [-0.2, 0) is 16.1 Å². The Morgan fingerprint density at radius 1 is 1.29 bits per heavy atom. The van der Waals surface area contributed by atoms with Crippen molar-refractivity contribution < 1.29 is 9.53 Å². The Hall–Kier alpha value is -0.980. The van der Waals surface area contributed by atoms with Crippen LogP contribution in [0.25, 0.3) is 0 Å². The quantitative estimate of drug-likeness (QED) is 0.841. The third kappa shape index (κ3) is 3.11. The smallest absolute Gasteiger partial charge is 0.223 e. The number of rotatable bonds is 3. The van der Waals surface area contributed by atoms with E-state index in [2.05, 4.69) is 20.2 Å². The van der Waals surface area contributed by atoms with Gasteiger partial charge in [0, 0.05) is 49.7 Å². The van der Waals surface area contributed by atoms with E-state index in [0.717, 1.165) is 69.1 Å². The van der Waals surface area contributed by atoms with Gasteiger partial charge in [0.2, 0.25) is 5.91 Å². The monoisotopic (exact) mass is 349 g/mol. The molecule has 1 aromatic rings. The molecule has 1 amide bonds. The van der Waals surface area contributed by atoms with Gasteiger partial charge in [0.25, 0.3) is 0 Å². The van der Waals surface area contributed by atoms with Gasteiger partial charge < -0.3 is 14.5 Å². The Labute approximate surface area is 148 Å². The zero-order valence-corrected chi connectivity index (χ0v) is 15.3. The summed E-state index contributed by atoms with van der Waals surface area (Å²) >= 11 is 1.67. The number of hydrogen-bond donors (Lipinski definition) is 0. The molecule has 0 atom stereocenters. The highest BCUT2D eigenvalue weighted by Crippen LogP contribution is 2.41. The lowest BCUT2D eigenvalue weighted by molar-refractivity contribution is -0.133. The summed E-state index contributed by atoms with van der Waals surface area (Å²) in [6.45, 7) is 6.76. The van der Waals surface area contributed by atoms with Gasteiger partial charge in [-0.2, -0.15) is 0 Å². The number of carbonyl (C=O) groups excluding carboxylic acids is 1. The van der Waals surface area contributed by atoms with Crippen LogP contribution in [0, 0.1) is 6.92 Å². The molecule has 1 aromatic heterocycles. The second kappa shape index (κ2) is 6.73. The van der Waals surface area contributed by atoms with Crippen LogP contribution >= 0.6 is 11.3 Å². The third-order valence-corrected chi connectivity index (χ3v) is 6.92. The zero-order chi connectivity index (χ0) is 16.6. The Morgan fingerprint density at radius 2 is 2.04 bits per heavy atom. The minimum atomic E-state index is 0.0796. The number of aryl methyl sites for hydroxylation is 1. The molecule has 0 N–H and O–H groups in total. The van der Waals surface area contributed by atoms with Gasteiger partial charge in [0.05, 0.1) is 17.2 Å². The van der Waals surface area contributed by atoms with Gasteiger partial charge >= 0.3 is 0 Å². The fourth-order valence-corrected chi connectivity index (χ4v) is 5.25. The van der Waals surface area contributed by atoms with Crippen molar-refractivity contribution in [3.63, 3.8) is 0 Å². The van der Waals surface area contributed by atoms with Crippen molar-refractivity contribution in [1.29, 1.82) is 0 Å². The minimum absolute atomic E-state index is 0.0796. The number of piperidine rings is 1. The number of aromatic nitrogens is 1. The van der Waals surface area contributed by atoms with E-state index in [-0.39, 0.29) is 5.54 Å². The molecule has 5 nitrogen and oxygen atoms in total. The van der Waals surface area contributed by atoms with Crippen molar-refractivity contribution in [2.24, 2.45) is 0 Å². The van der Waals surface area contributed by atoms with E-state index in [1.54, 1.807) is 11.3 Å². The third-order valence-electron chi connectivity index (χ3n) is 6.10. The van der Waals surface area contributed by atoms with Crippen molar-refractivity contribution in [1.82, 2.24) is 14.8 Å². The number of likely N-dealkylation sites (tertiary alicyclic amines) is 2. The number of nitrogens with zero attached hydrogens (tertiary/aromatic N) is 3. The lowest BCUT2D eigenvalue weighted by Gasteiger charge is -2.47. The second-order valence-electron chi connectivity index (χ2n) is 7.44. The van der Waals surface area contributed by atoms with E-state index in [0.29, 0.717) is 24.9 Å². The largest absolute Gasteiger partial charge is 0.381 e. The van der Waals surface area contributed by atoms with Crippen molar-refractivity contribution in [3.05, 3.63) is 16.1 Å². The molecule has 0 unspecified atom stereocenters. The van der Waals surface area contributed by atoms with E-state index in [9.17, 15) is 4.79 Å². The number of amides is 1. The summed E-state index contributed by atoms with van der Waals surface area (Å²) in [7, 11) is 0. The Kier molecular flexibility index (Phi) is 4.62. The zero-order valence-electron chi connectivity index (χ0n) is 14.5. The summed E-state index contributed by atoms with van der Waals surface area (Å²) in [5.41, 5.74) is 1.13. The molecule has 3 aliphatic heterocycles. The molecule has 4 rings (SSSR count). The highest BCUT2D eigenvalue weighted by atomic mass is 32.1. The molecule has 3 fully saturated rings. The molecular formula is C18H27N3O2S. The normalized spacial score (nSPS) is 25.7. The van der Waals surface area contributed by atoms with Crippen LogP contribution in [0.5, 0.6) is 0 Å². The van der Waals surface area contributed by atoms with Crippen LogP contribution in [0.15, 0.2) is 5.38 Å². The van der Waals surface area contributed by atoms with Crippen LogP contribution < -0.4 is 0 Å². The first-order valence-corrected chi connectivity index (χ1v) is 10.1. The molecule has 132 valence electrons. The van der Waals surface area contributed by atoms with E-state index in [1.807, 2.05) is 6.92 Å². The van der Waals surface area contributed by atoms with Crippen molar-refractivity contribution >= 4 is 17.2 Å². The number of ether oxygens (including phenoxy) is 1. The Morgan fingerprint density at radius 3 is 2.71 bits per heavy atom. The van der Waals surface area contributed by atoms with Gasteiger partial charge in [-0.3, -0.25) is 4.79 Å². The highest BCUT2D eigenvalue weighted by Gasteiger charge is 2.47. The molecule has 3 saturated heterocycles. The topological polar surface area (TPSA) is 45.7 Å². The molecule has 4 heterocycles. The van der Waals surface area contributed by atoms with Crippen molar-refractivity contribution in [3.8, 4) is 0 Å². The maximum atomic E-state index is 12.5. The molecule has 6 heteroatoms. The van der Waals surface area contributed by atoms with Crippen LogP contribution in [-0.4, -0.2) is 58.6 Å². The SMILES string of the molecule is Cc1nc(CN2C(=O)CCC23CCN(C2CCOCC2)CC3)cs1. The number of thiazole rings is 1. The van der Waals surface area contributed by atoms with Gasteiger partial charge in [0.1, 0.15) is 0 Å². The first-order valence-electron chi connectivity index (χ1n) is 9.20. The fraction of sp³-hybridized carbons (Fsp3) is 0.778. The molecule has 0 radical (unpaired) electrons. The molecule has 3 aliphatic rings. The van der Waals surface area contributed by atoms with Gasteiger partial charge in [-0.05, 0) is 39.0 Å². The predicted molar refractivity (Wildman–Crippen MR) is 94.0 cm³/mol. The summed E-state index contributed by atoms with van der Waals surface area (Å²) in [4.78, 5) is 21.9. The fourth-order valence-electron chi connectivity index (χ4n) is 4.65. The molecule has 0 aromatic carbocycles. The summed E-state index contributed by atoms with van der Waals surface area (Å²) in [5.74, 6) is 0.320. The average molecular weight is 350 g/mol. The first kappa shape index (κ1) is 16.5. The molecular weight excluding hydrogens is 322 g/mol. The van der Waals surface area contributed by atoms with Gasteiger partial charge in [0.15, 0.2) is 0 Å². The number of hydrogen-bond acceptors (Lipinski definition) is 5. The molecule has 0 bridgehead atoms. The summed E-state index contributed by atoms with van der Waals surface area (Å²) < 4.78 is 5.50. The Balaban J connectivity index is 1.43. The maximum Gasteiger partial charge on any atom is 0.223 e. The van der Waals surface area contributed by atoms with Crippen LogP contribution in [0.4, 0.5) is 0 Å². The van der Waals surface area contributed by atoms with Crippen LogP contribution in [0.2, 0.25) is 0 Å². The summed E-state index contributed by atoms with van der Waals surface area (Å²) in [5, 5.41) is 3.19. The average Bonchev–Trinajstić information content (AvgIpc) is 3.15. The van der Waals surface area contributed by atoms with Gasteiger partial charge in [-0.25, -0.2) is 4.98 Å². The first-order chi connectivity index (χ1) is 11.7.